The van der Waals surface area contributed by atoms with Gasteiger partial charge in [0.2, 0.25) is 5.91 Å². The molecule has 0 saturated carbocycles. The topological polar surface area (TPSA) is 23.6 Å². The van der Waals surface area contributed by atoms with E-state index in [2.05, 4.69) is 61.2 Å². The van der Waals surface area contributed by atoms with Crippen LogP contribution in [0.5, 0.6) is 0 Å². The van der Waals surface area contributed by atoms with Gasteiger partial charge in [-0.2, -0.15) is 0 Å². The molecule has 154 valence electrons. The van der Waals surface area contributed by atoms with E-state index in [1.54, 1.807) is 11.8 Å². The molecule has 0 aliphatic carbocycles. The van der Waals surface area contributed by atoms with Crippen LogP contribution in [-0.2, 0) is 4.79 Å². The van der Waals surface area contributed by atoms with Crippen molar-refractivity contribution in [1.82, 2.24) is 4.90 Å². The van der Waals surface area contributed by atoms with Gasteiger partial charge in [0, 0.05) is 36.8 Å². The van der Waals surface area contributed by atoms with E-state index in [9.17, 15) is 4.79 Å². The normalized spacial score (nSPS) is 15.1. The van der Waals surface area contributed by atoms with Crippen molar-refractivity contribution in [2.24, 2.45) is 0 Å². The molecule has 0 bridgehead atoms. The number of anilines is 1. The van der Waals surface area contributed by atoms with Crippen LogP contribution in [0, 0.1) is 13.8 Å². The van der Waals surface area contributed by atoms with Crippen LogP contribution >= 0.6 is 11.8 Å². The van der Waals surface area contributed by atoms with Gasteiger partial charge in [-0.1, -0.05) is 60.7 Å². The number of carbonyl (C=O) groups is 1. The molecule has 3 aromatic carbocycles. The number of rotatable bonds is 5. The van der Waals surface area contributed by atoms with Crippen LogP contribution in [0.1, 0.15) is 21.9 Å². The Labute approximate surface area is 183 Å². The van der Waals surface area contributed by atoms with Gasteiger partial charge < -0.3 is 9.80 Å². The summed E-state index contributed by atoms with van der Waals surface area (Å²) in [5, 5.41) is -0.221. The fourth-order valence-electron chi connectivity index (χ4n) is 3.94. The Morgan fingerprint density at radius 1 is 0.800 bits per heavy atom. The van der Waals surface area contributed by atoms with Gasteiger partial charge in [-0.3, -0.25) is 4.79 Å². The second-order valence-electron chi connectivity index (χ2n) is 7.75. The van der Waals surface area contributed by atoms with E-state index in [1.165, 1.54) is 16.8 Å². The Morgan fingerprint density at radius 2 is 1.43 bits per heavy atom. The highest BCUT2D eigenvalue weighted by molar-refractivity contribution is 8.00. The van der Waals surface area contributed by atoms with E-state index in [1.807, 2.05) is 41.3 Å². The summed E-state index contributed by atoms with van der Waals surface area (Å²) in [6, 6.07) is 26.8. The molecule has 1 saturated heterocycles. The Bertz CT molecular complexity index is 982. The summed E-state index contributed by atoms with van der Waals surface area (Å²) in [5.74, 6) is 0.204. The maximum atomic E-state index is 13.6. The summed E-state index contributed by atoms with van der Waals surface area (Å²) in [5.41, 5.74) is 5.00. The second kappa shape index (κ2) is 9.40. The molecule has 3 aromatic rings. The standard InChI is InChI=1S/C26H28N2OS/c1-20-10-9-15-24(21(20)2)27-16-18-28(19-17-27)26(29)25(22-11-5-3-6-12-22)30-23-13-7-4-8-14-23/h3-15,25H,16-19H2,1-2H3/t25-/m0/s1. The largest absolute Gasteiger partial charge is 0.368 e. The van der Waals surface area contributed by atoms with Gasteiger partial charge in [0.25, 0.3) is 0 Å². The maximum Gasteiger partial charge on any atom is 0.240 e. The van der Waals surface area contributed by atoms with Crippen molar-refractivity contribution in [2.75, 3.05) is 31.1 Å². The van der Waals surface area contributed by atoms with E-state index in [4.69, 9.17) is 0 Å². The molecule has 0 spiro atoms. The van der Waals surface area contributed by atoms with Crippen LogP contribution in [0.4, 0.5) is 5.69 Å². The van der Waals surface area contributed by atoms with Gasteiger partial charge in [-0.25, -0.2) is 0 Å². The lowest BCUT2D eigenvalue weighted by molar-refractivity contribution is -0.131. The first kappa shape index (κ1) is 20.5. The SMILES string of the molecule is Cc1cccc(N2CCN(C(=O)[C@@H](Sc3ccccc3)c3ccccc3)CC2)c1C. The van der Waals surface area contributed by atoms with Crippen LogP contribution in [0.2, 0.25) is 0 Å². The van der Waals surface area contributed by atoms with Crippen LogP contribution in [0.15, 0.2) is 83.8 Å². The molecule has 1 aliphatic heterocycles. The average Bonchev–Trinajstić information content (AvgIpc) is 2.80. The molecule has 1 fully saturated rings. The molecule has 0 unspecified atom stereocenters. The van der Waals surface area contributed by atoms with Crippen LogP contribution < -0.4 is 4.90 Å². The number of thioether (sulfide) groups is 1. The summed E-state index contributed by atoms with van der Waals surface area (Å²) in [4.78, 5) is 19.1. The molecule has 3 nitrogen and oxygen atoms in total. The minimum Gasteiger partial charge on any atom is -0.368 e. The summed E-state index contributed by atoms with van der Waals surface area (Å²) in [7, 11) is 0. The minimum atomic E-state index is -0.221. The smallest absolute Gasteiger partial charge is 0.240 e. The number of aryl methyl sites for hydroxylation is 1. The molecule has 30 heavy (non-hydrogen) atoms. The van der Waals surface area contributed by atoms with Gasteiger partial charge in [0.15, 0.2) is 0 Å². The third kappa shape index (κ3) is 4.54. The van der Waals surface area contributed by atoms with E-state index in [0.717, 1.165) is 36.6 Å². The fourth-order valence-corrected chi connectivity index (χ4v) is 5.07. The number of amides is 1. The van der Waals surface area contributed by atoms with Crippen molar-refractivity contribution in [1.29, 1.82) is 0 Å². The quantitative estimate of drug-likeness (QED) is 0.514. The maximum absolute atomic E-state index is 13.6. The Morgan fingerprint density at radius 3 is 2.10 bits per heavy atom. The molecule has 0 radical (unpaired) electrons. The molecule has 1 aliphatic rings. The van der Waals surface area contributed by atoms with Gasteiger partial charge in [-0.15, -0.1) is 11.8 Å². The van der Waals surface area contributed by atoms with E-state index < -0.39 is 0 Å². The van der Waals surface area contributed by atoms with Gasteiger partial charge >= 0.3 is 0 Å². The number of carbonyl (C=O) groups excluding carboxylic acids is 1. The molecular weight excluding hydrogens is 388 g/mol. The number of nitrogens with zero attached hydrogens (tertiary/aromatic N) is 2. The Balaban J connectivity index is 1.49. The molecule has 1 amide bonds. The van der Waals surface area contributed by atoms with Gasteiger partial charge in [0.1, 0.15) is 5.25 Å². The summed E-state index contributed by atoms with van der Waals surface area (Å²) in [6.45, 7) is 7.59. The van der Waals surface area contributed by atoms with Crippen molar-refractivity contribution in [2.45, 2.75) is 24.0 Å². The second-order valence-corrected chi connectivity index (χ2v) is 8.93. The van der Waals surface area contributed by atoms with Gasteiger partial charge in [0.05, 0.1) is 0 Å². The van der Waals surface area contributed by atoms with E-state index in [0.29, 0.717) is 0 Å². The lowest BCUT2D eigenvalue weighted by Gasteiger charge is -2.38. The molecule has 1 atom stereocenters. The predicted octanol–water partition coefficient (Wildman–Crippen LogP) is 5.49. The van der Waals surface area contributed by atoms with Crippen molar-refractivity contribution in [3.05, 3.63) is 95.6 Å². The fraction of sp³-hybridized carbons (Fsp3) is 0.269. The third-order valence-electron chi connectivity index (χ3n) is 5.83. The summed E-state index contributed by atoms with van der Waals surface area (Å²) in [6.07, 6.45) is 0. The summed E-state index contributed by atoms with van der Waals surface area (Å²) < 4.78 is 0. The first-order chi connectivity index (χ1) is 14.6. The van der Waals surface area contributed by atoms with Crippen LogP contribution in [0.25, 0.3) is 0 Å². The first-order valence-corrected chi connectivity index (χ1v) is 11.4. The van der Waals surface area contributed by atoms with Crippen LogP contribution in [0.3, 0.4) is 0 Å². The van der Waals surface area contributed by atoms with Crippen LogP contribution in [-0.4, -0.2) is 37.0 Å². The average molecular weight is 417 g/mol. The van der Waals surface area contributed by atoms with Crippen molar-refractivity contribution in [3.8, 4) is 0 Å². The zero-order valence-electron chi connectivity index (χ0n) is 17.6. The van der Waals surface area contributed by atoms with Crippen molar-refractivity contribution < 1.29 is 4.79 Å². The number of benzene rings is 3. The monoisotopic (exact) mass is 416 g/mol. The molecular formula is C26H28N2OS. The number of hydrogen-bond donors (Lipinski definition) is 0. The van der Waals surface area contributed by atoms with Crippen molar-refractivity contribution >= 4 is 23.4 Å². The van der Waals surface area contributed by atoms with E-state index in [-0.39, 0.29) is 11.2 Å². The highest BCUT2D eigenvalue weighted by Crippen LogP contribution is 2.37. The first-order valence-electron chi connectivity index (χ1n) is 10.5. The molecule has 4 rings (SSSR count). The Kier molecular flexibility index (Phi) is 6.44. The number of hydrogen-bond acceptors (Lipinski definition) is 3. The number of piperazine rings is 1. The zero-order chi connectivity index (χ0) is 20.9. The lowest BCUT2D eigenvalue weighted by Crippen LogP contribution is -2.50. The van der Waals surface area contributed by atoms with E-state index >= 15 is 0 Å². The zero-order valence-corrected chi connectivity index (χ0v) is 18.4. The lowest BCUT2D eigenvalue weighted by atomic mass is 10.1. The van der Waals surface area contributed by atoms with Gasteiger partial charge in [-0.05, 0) is 48.7 Å². The molecule has 0 N–H and O–H groups in total. The molecule has 0 aromatic heterocycles. The molecule has 4 heteroatoms. The minimum absolute atomic E-state index is 0.204. The predicted molar refractivity (Wildman–Crippen MR) is 126 cm³/mol. The highest BCUT2D eigenvalue weighted by atomic mass is 32.2. The Hall–Kier alpha value is -2.72. The summed E-state index contributed by atoms with van der Waals surface area (Å²) >= 11 is 1.64. The third-order valence-corrected chi connectivity index (χ3v) is 7.09. The molecule has 1 heterocycles. The van der Waals surface area contributed by atoms with Crippen molar-refractivity contribution in [3.63, 3.8) is 0 Å². The highest BCUT2D eigenvalue weighted by Gasteiger charge is 2.29.